The maximum Gasteiger partial charge on any atom is 0.269 e. The van der Waals surface area contributed by atoms with Crippen molar-refractivity contribution in [1.29, 1.82) is 0 Å². The molecule has 0 aromatic heterocycles. The molecule has 0 aliphatic carbocycles. The van der Waals surface area contributed by atoms with Gasteiger partial charge in [0.2, 0.25) is 10.0 Å². The fraction of sp³-hybridized carbons (Fsp3) is 0.417. The number of hydrazine groups is 1. The van der Waals surface area contributed by atoms with Crippen molar-refractivity contribution >= 4 is 21.8 Å². The van der Waals surface area contributed by atoms with Gasteiger partial charge in [-0.2, -0.15) is 0 Å². The van der Waals surface area contributed by atoms with Gasteiger partial charge in [0.1, 0.15) is 5.75 Å². The van der Waals surface area contributed by atoms with Gasteiger partial charge in [-0.1, -0.05) is 13.8 Å². The summed E-state index contributed by atoms with van der Waals surface area (Å²) in [6.07, 6.45) is 2.57. The first-order chi connectivity index (χ1) is 16.2. The van der Waals surface area contributed by atoms with Crippen LogP contribution in [0, 0.1) is 5.92 Å². The molecule has 0 spiro atoms. The van der Waals surface area contributed by atoms with Gasteiger partial charge in [-0.25, -0.2) is 13.1 Å². The number of sulfonamides is 1. The predicted octanol–water partition coefficient (Wildman–Crippen LogP) is 2.64. The molecule has 0 radical (unpaired) electrons. The van der Waals surface area contributed by atoms with Crippen molar-refractivity contribution in [3.05, 3.63) is 59.7 Å². The smallest absolute Gasteiger partial charge is 0.269 e. The molecule has 1 saturated heterocycles. The highest BCUT2D eigenvalue weighted by Gasteiger charge is 2.20. The number of carbonyl (C=O) groups excluding carboxylic acids is 2. The first-order valence-corrected chi connectivity index (χ1v) is 12.8. The van der Waals surface area contributed by atoms with Crippen LogP contribution in [0.4, 0.5) is 0 Å². The third kappa shape index (κ3) is 7.54. The zero-order chi connectivity index (χ0) is 24.6. The molecule has 0 bridgehead atoms. The third-order valence-electron chi connectivity index (χ3n) is 5.32. The fourth-order valence-electron chi connectivity index (χ4n) is 3.25. The van der Waals surface area contributed by atoms with E-state index >= 15 is 0 Å². The summed E-state index contributed by atoms with van der Waals surface area (Å²) < 4.78 is 38.4. The van der Waals surface area contributed by atoms with E-state index in [1.54, 1.807) is 24.3 Å². The largest absolute Gasteiger partial charge is 0.494 e. The van der Waals surface area contributed by atoms with Crippen LogP contribution < -0.4 is 20.3 Å². The van der Waals surface area contributed by atoms with Gasteiger partial charge < -0.3 is 9.47 Å². The van der Waals surface area contributed by atoms with Crippen LogP contribution in [0.25, 0.3) is 0 Å². The van der Waals surface area contributed by atoms with Crippen LogP contribution in [0.5, 0.6) is 5.75 Å². The normalized spacial score (nSPS) is 15.8. The quantitative estimate of drug-likeness (QED) is 0.441. The topological polar surface area (TPSA) is 123 Å². The Balaban J connectivity index is 1.48. The van der Waals surface area contributed by atoms with Crippen LogP contribution in [0.1, 0.15) is 53.8 Å². The van der Waals surface area contributed by atoms with Crippen molar-refractivity contribution in [3.8, 4) is 5.75 Å². The summed E-state index contributed by atoms with van der Waals surface area (Å²) in [6.45, 7) is 5.69. The summed E-state index contributed by atoms with van der Waals surface area (Å²) in [5.74, 6) is 0.155. The minimum absolute atomic E-state index is 0.0433. The van der Waals surface area contributed by atoms with E-state index in [0.29, 0.717) is 30.4 Å². The second-order valence-corrected chi connectivity index (χ2v) is 10.2. The summed E-state index contributed by atoms with van der Waals surface area (Å²) in [7, 11) is -3.71. The van der Waals surface area contributed by atoms with E-state index in [1.807, 2.05) is 0 Å². The minimum atomic E-state index is -3.71. The Morgan fingerprint density at radius 2 is 1.59 bits per heavy atom. The molecule has 9 nitrogen and oxygen atoms in total. The highest BCUT2D eigenvalue weighted by Crippen LogP contribution is 2.15. The average Bonchev–Trinajstić information content (AvgIpc) is 3.35. The number of carbonyl (C=O) groups is 2. The van der Waals surface area contributed by atoms with Crippen LogP contribution in [0.2, 0.25) is 0 Å². The van der Waals surface area contributed by atoms with E-state index in [0.717, 1.165) is 19.3 Å². The average molecular weight is 490 g/mol. The van der Waals surface area contributed by atoms with E-state index in [9.17, 15) is 18.0 Å². The van der Waals surface area contributed by atoms with Gasteiger partial charge >= 0.3 is 0 Å². The molecule has 3 rings (SSSR count). The monoisotopic (exact) mass is 489 g/mol. The molecule has 10 heteroatoms. The number of ether oxygens (including phenoxy) is 2. The summed E-state index contributed by atoms with van der Waals surface area (Å²) in [5, 5.41) is 0. The van der Waals surface area contributed by atoms with Crippen molar-refractivity contribution in [2.45, 2.75) is 44.1 Å². The molecule has 1 fully saturated rings. The zero-order valence-electron chi connectivity index (χ0n) is 19.4. The van der Waals surface area contributed by atoms with Gasteiger partial charge in [-0.05, 0) is 73.7 Å². The van der Waals surface area contributed by atoms with E-state index in [-0.39, 0.29) is 23.1 Å². The Kier molecular flexibility index (Phi) is 9.03. The van der Waals surface area contributed by atoms with Crippen LogP contribution in [0.3, 0.4) is 0 Å². The maximum atomic E-state index is 12.4. The van der Waals surface area contributed by atoms with Crippen molar-refractivity contribution in [1.82, 2.24) is 15.6 Å². The second-order valence-electron chi connectivity index (χ2n) is 8.47. The molecule has 1 atom stereocenters. The van der Waals surface area contributed by atoms with E-state index in [1.165, 1.54) is 24.3 Å². The van der Waals surface area contributed by atoms with Gasteiger partial charge in [-0.15, -0.1) is 0 Å². The summed E-state index contributed by atoms with van der Waals surface area (Å²) in [5.41, 5.74) is 5.23. The van der Waals surface area contributed by atoms with E-state index in [2.05, 4.69) is 29.4 Å². The van der Waals surface area contributed by atoms with E-state index in [4.69, 9.17) is 9.47 Å². The molecule has 184 valence electrons. The maximum absolute atomic E-state index is 12.4. The van der Waals surface area contributed by atoms with Crippen LogP contribution >= 0.6 is 0 Å². The molecule has 2 aromatic rings. The highest BCUT2D eigenvalue weighted by atomic mass is 32.2. The van der Waals surface area contributed by atoms with Crippen molar-refractivity contribution in [3.63, 3.8) is 0 Å². The predicted molar refractivity (Wildman–Crippen MR) is 127 cm³/mol. The standard InChI is InChI=1S/C24H31N3O6S/c1-17(2)13-15-33-20-9-5-18(6-10-20)23(28)26-27-24(29)19-7-11-22(12-8-19)34(30,31)25-16-21-4-3-14-32-21/h5-12,17,21,25H,3-4,13-16H2,1-2H3,(H,26,28)(H,27,29). The molecular weight excluding hydrogens is 458 g/mol. The molecule has 2 aromatic carbocycles. The summed E-state index contributed by atoms with van der Waals surface area (Å²) in [6, 6.07) is 12.0. The zero-order valence-corrected chi connectivity index (χ0v) is 20.2. The van der Waals surface area contributed by atoms with Gasteiger partial charge in [0.05, 0.1) is 17.6 Å². The summed E-state index contributed by atoms with van der Waals surface area (Å²) in [4.78, 5) is 24.7. The molecule has 2 amide bonds. The van der Waals surface area contributed by atoms with Gasteiger partial charge in [0.15, 0.2) is 0 Å². The summed E-state index contributed by atoms with van der Waals surface area (Å²) >= 11 is 0. The van der Waals surface area contributed by atoms with Crippen LogP contribution in [0.15, 0.2) is 53.4 Å². The minimum Gasteiger partial charge on any atom is -0.494 e. The lowest BCUT2D eigenvalue weighted by Crippen LogP contribution is -2.41. The number of nitrogens with one attached hydrogen (secondary N) is 3. The molecule has 1 heterocycles. The molecule has 1 aliphatic heterocycles. The number of amides is 2. The third-order valence-corrected chi connectivity index (χ3v) is 6.76. The molecule has 34 heavy (non-hydrogen) atoms. The van der Waals surface area contributed by atoms with Gasteiger partial charge in [0, 0.05) is 24.3 Å². The first kappa shape index (κ1) is 25.7. The Labute approximate surface area is 200 Å². The van der Waals surface area contributed by atoms with Crippen molar-refractivity contribution < 1.29 is 27.5 Å². The second kappa shape index (κ2) is 12.0. The molecule has 3 N–H and O–H groups in total. The lowest BCUT2D eigenvalue weighted by atomic mass is 10.1. The Morgan fingerprint density at radius 3 is 2.12 bits per heavy atom. The van der Waals surface area contributed by atoms with Gasteiger partial charge in [-0.3, -0.25) is 20.4 Å². The molecule has 1 aliphatic rings. The molecular formula is C24H31N3O6S. The lowest BCUT2D eigenvalue weighted by molar-refractivity contribution is 0.0846. The SMILES string of the molecule is CC(C)CCOc1ccc(C(=O)NNC(=O)c2ccc(S(=O)(=O)NCC3CCCO3)cc2)cc1. The number of hydrogen-bond donors (Lipinski definition) is 3. The Morgan fingerprint density at radius 1 is 1.00 bits per heavy atom. The fourth-order valence-corrected chi connectivity index (χ4v) is 4.32. The first-order valence-electron chi connectivity index (χ1n) is 11.3. The van der Waals surface area contributed by atoms with Gasteiger partial charge in [0.25, 0.3) is 11.8 Å². The molecule has 0 saturated carbocycles. The number of rotatable bonds is 10. The van der Waals surface area contributed by atoms with E-state index < -0.39 is 21.8 Å². The Bertz CT molecular complexity index is 1060. The lowest BCUT2D eigenvalue weighted by Gasteiger charge is -2.12. The van der Waals surface area contributed by atoms with Crippen molar-refractivity contribution in [2.24, 2.45) is 5.92 Å². The highest BCUT2D eigenvalue weighted by molar-refractivity contribution is 7.89. The number of benzene rings is 2. The van der Waals surface area contributed by atoms with Crippen LogP contribution in [-0.4, -0.2) is 46.1 Å². The van der Waals surface area contributed by atoms with Crippen molar-refractivity contribution in [2.75, 3.05) is 19.8 Å². The van der Waals surface area contributed by atoms with Crippen LogP contribution in [-0.2, 0) is 14.8 Å². The number of hydrogen-bond acceptors (Lipinski definition) is 6. The molecule has 1 unspecified atom stereocenters. The Hall–Kier alpha value is -2.95.